The Morgan fingerprint density at radius 1 is 1.04 bits per heavy atom. The van der Waals surface area contributed by atoms with Crippen LogP contribution in [0.2, 0.25) is 5.02 Å². The van der Waals surface area contributed by atoms with E-state index in [1.54, 1.807) is 0 Å². The Labute approximate surface area is 146 Å². The Hall–Kier alpha value is -1.85. The second-order valence-electron chi connectivity index (χ2n) is 5.40. The van der Waals surface area contributed by atoms with Crippen LogP contribution in [0.25, 0.3) is 0 Å². The molecule has 0 saturated carbocycles. The largest absolute Gasteiger partial charge is 0.368 e. The highest BCUT2D eigenvalue weighted by Crippen LogP contribution is 2.22. The Bertz CT molecular complexity index is 702. The van der Waals surface area contributed by atoms with E-state index in [9.17, 15) is 4.79 Å². The van der Waals surface area contributed by atoms with Crippen molar-refractivity contribution in [2.75, 3.05) is 36.4 Å². The number of amides is 2. The molecular weight excluding hydrogens is 330 g/mol. The first-order valence-corrected chi connectivity index (χ1v) is 8.30. The van der Waals surface area contributed by atoms with Crippen LogP contribution >= 0.6 is 24.2 Å². The maximum atomic E-state index is 12.4. The summed E-state index contributed by atoms with van der Waals surface area (Å²) >= 11 is 10.4. The number of benzene rings is 2. The lowest BCUT2D eigenvalue weighted by Gasteiger charge is -2.36. The number of rotatable bonds is 2. The van der Waals surface area contributed by atoms with Crippen molar-refractivity contribution < 1.29 is 4.79 Å². The average Bonchev–Trinajstić information content (AvgIpc) is 2.57. The van der Waals surface area contributed by atoms with Crippen molar-refractivity contribution in [1.82, 2.24) is 4.90 Å². The van der Waals surface area contributed by atoms with Crippen LogP contribution in [0.5, 0.6) is 0 Å². The maximum Gasteiger partial charge on any atom is 0.321 e. The quantitative estimate of drug-likeness (QED) is 0.806. The van der Waals surface area contributed by atoms with E-state index in [1.807, 2.05) is 53.4 Å². The SMILES string of the molecule is O=C(Nc1ccccc1S)N1CCN(c2cccc(Cl)c2)CC1. The number of carbonyl (C=O) groups excluding carboxylic acids is 1. The molecule has 6 heteroatoms. The molecule has 3 rings (SSSR count). The number of nitrogens with one attached hydrogen (secondary N) is 1. The smallest absolute Gasteiger partial charge is 0.321 e. The van der Waals surface area contributed by atoms with Gasteiger partial charge in [-0.25, -0.2) is 4.79 Å². The maximum absolute atomic E-state index is 12.4. The molecule has 0 aliphatic carbocycles. The topological polar surface area (TPSA) is 35.6 Å². The molecule has 1 aliphatic heterocycles. The monoisotopic (exact) mass is 347 g/mol. The lowest BCUT2D eigenvalue weighted by atomic mass is 10.2. The van der Waals surface area contributed by atoms with Crippen molar-refractivity contribution in [3.63, 3.8) is 0 Å². The average molecular weight is 348 g/mol. The number of halogens is 1. The molecule has 0 spiro atoms. The fourth-order valence-corrected chi connectivity index (χ4v) is 3.02. The molecule has 1 heterocycles. The molecule has 1 N–H and O–H groups in total. The van der Waals surface area contributed by atoms with Crippen LogP contribution in [0, 0.1) is 0 Å². The molecule has 2 aromatic rings. The number of hydrogen-bond acceptors (Lipinski definition) is 3. The Morgan fingerprint density at radius 2 is 1.78 bits per heavy atom. The minimum atomic E-state index is -0.0859. The third-order valence-corrected chi connectivity index (χ3v) is 4.51. The molecule has 0 bridgehead atoms. The van der Waals surface area contributed by atoms with Crippen molar-refractivity contribution >= 4 is 41.6 Å². The summed E-state index contributed by atoms with van der Waals surface area (Å²) in [5.74, 6) is 0. The summed E-state index contributed by atoms with van der Waals surface area (Å²) < 4.78 is 0. The van der Waals surface area contributed by atoms with Gasteiger partial charge in [-0.1, -0.05) is 29.8 Å². The van der Waals surface area contributed by atoms with E-state index >= 15 is 0 Å². The van der Waals surface area contributed by atoms with E-state index in [1.165, 1.54) is 0 Å². The van der Waals surface area contributed by atoms with Crippen molar-refractivity contribution in [1.29, 1.82) is 0 Å². The summed E-state index contributed by atoms with van der Waals surface area (Å²) in [4.78, 5) is 17.2. The van der Waals surface area contributed by atoms with Gasteiger partial charge in [-0.05, 0) is 30.3 Å². The third kappa shape index (κ3) is 3.92. The van der Waals surface area contributed by atoms with Gasteiger partial charge in [0.05, 0.1) is 5.69 Å². The summed E-state index contributed by atoms with van der Waals surface area (Å²) in [6, 6.07) is 15.2. The molecule has 1 saturated heterocycles. The number of thiol groups is 1. The first-order chi connectivity index (χ1) is 11.1. The van der Waals surface area contributed by atoms with Gasteiger partial charge in [0.2, 0.25) is 0 Å². The van der Waals surface area contributed by atoms with E-state index in [2.05, 4.69) is 22.8 Å². The Balaban J connectivity index is 1.58. The first-order valence-electron chi connectivity index (χ1n) is 7.48. The molecule has 2 amide bonds. The number of carbonyl (C=O) groups is 1. The summed E-state index contributed by atoms with van der Waals surface area (Å²) in [6.45, 7) is 2.92. The van der Waals surface area contributed by atoms with Crippen LogP contribution in [0.1, 0.15) is 0 Å². The van der Waals surface area contributed by atoms with Gasteiger partial charge in [-0.2, -0.15) is 0 Å². The predicted octanol–water partition coefficient (Wildman–Crippen LogP) is 3.98. The zero-order valence-corrected chi connectivity index (χ0v) is 14.2. The van der Waals surface area contributed by atoms with Crippen LogP contribution in [-0.4, -0.2) is 37.1 Å². The molecule has 1 aliphatic rings. The van der Waals surface area contributed by atoms with Crippen LogP contribution in [0.15, 0.2) is 53.4 Å². The predicted molar refractivity (Wildman–Crippen MR) is 98.0 cm³/mol. The molecular formula is C17H18ClN3OS. The van der Waals surface area contributed by atoms with Gasteiger partial charge in [0.25, 0.3) is 0 Å². The molecule has 0 unspecified atom stereocenters. The van der Waals surface area contributed by atoms with Gasteiger partial charge in [0, 0.05) is 41.8 Å². The highest BCUT2D eigenvalue weighted by Gasteiger charge is 2.21. The molecule has 120 valence electrons. The zero-order chi connectivity index (χ0) is 16.2. The van der Waals surface area contributed by atoms with E-state index < -0.39 is 0 Å². The van der Waals surface area contributed by atoms with Crippen LogP contribution in [0.4, 0.5) is 16.2 Å². The highest BCUT2D eigenvalue weighted by molar-refractivity contribution is 7.80. The van der Waals surface area contributed by atoms with E-state index in [0.717, 1.165) is 34.4 Å². The fraction of sp³-hybridized carbons (Fsp3) is 0.235. The number of urea groups is 1. The minimum absolute atomic E-state index is 0.0859. The highest BCUT2D eigenvalue weighted by atomic mass is 35.5. The molecule has 0 atom stereocenters. The lowest BCUT2D eigenvalue weighted by Crippen LogP contribution is -2.50. The lowest BCUT2D eigenvalue weighted by molar-refractivity contribution is 0.208. The van der Waals surface area contributed by atoms with Crippen molar-refractivity contribution in [3.05, 3.63) is 53.6 Å². The normalized spacial score (nSPS) is 14.7. The molecule has 0 radical (unpaired) electrons. The van der Waals surface area contributed by atoms with Gasteiger partial charge >= 0.3 is 6.03 Å². The summed E-state index contributed by atoms with van der Waals surface area (Å²) in [7, 11) is 0. The van der Waals surface area contributed by atoms with Gasteiger partial charge in [-0.3, -0.25) is 0 Å². The van der Waals surface area contributed by atoms with Gasteiger partial charge in [-0.15, -0.1) is 12.6 Å². The summed E-state index contributed by atoms with van der Waals surface area (Å²) in [5, 5.41) is 3.64. The summed E-state index contributed by atoms with van der Waals surface area (Å²) in [6.07, 6.45) is 0. The van der Waals surface area contributed by atoms with Crippen molar-refractivity contribution in [3.8, 4) is 0 Å². The van der Waals surface area contributed by atoms with Crippen LogP contribution in [-0.2, 0) is 0 Å². The molecule has 1 fully saturated rings. The number of anilines is 2. The standard InChI is InChI=1S/C17H18ClN3OS/c18-13-4-3-5-14(12-13)20-8-10-21(11-9-20)17(22)19-15-6-1-2-7-16(15)23/h1-7,12,23H,8-11H2,(H,19,22). The van der Waals surface area contributed by atoms with Gasteiger partial charge in [0.15, 0.2) is 0 Å². The number of nitrogens with zero attached hydrogens (tertiary/aromatic N) is 2. The van der Waals surface area contributed by atoms with Crippen LogP contribution < -0.4 is 10.2 Å². The van der Waals surface area contributed by atoms with E-state index in [0.29, 0.717) is 13.1 Å². The summed E-state index contributed by atoms with van der Waals surface area (Å²) in [5.41, 5.74) is 1.83. The van der Waals surface area contributed by atoms with Crippen molar-refractivity contribution in [2.24, 2.45) is 0 Å². The second-order valence-corrected chi connectivity index (χ2v) is 6.32. The molecule has 0 aromatic heterocycles. The third-order valence-electron chi connectivity index (χ3n) is 3.89. The Kier molecular flexibility index (Phi) is 4.98. The van der Waals surface area contributed by atoms with E-state index in [4.69, 9.17) is 11.6 Å². The molecule has 23 heavy (non-hydrogen) atoms. The zero-order valence-electron chi connectivity index (χ0n) is 12.6. The Morgan fingerprint density at radius 3 is 2.48 bits per heavy atom. The van der Waals surface area contributed by atoms with Gasteiger partial charge in [0.1, 0.15) is 0 Å². The number of piperazine rings is 1. The minimum Gasteiger partial charge on any atom is -0.368 e. The second kappa shape index (κ2) is 7.15. The van der Waals surface area contributed by atoms with Crippen LogP contribution in [0.3, 0.4) is 0 Å². The number of para-hydroxylation sites is 1. The van der Waals surface area contributed by atoms with Crippen molar-refractivity contribution in [2.45, 2.75) is 4.90 Å². The fourth-order valence-electron chi connectivity index (χ4n) is 2.61. The first kappa shape index (κ1) is 16.0. The number of hydrogen-bond donors (Lipinski definition) is 2. The molecule has 2 aromatic carbocycles. The van der Waals surface area contributed by atoms with E-state index in [-0.39, 0.29) is 6.03 Å². The van der Waals surface area contributed by atoms with Gasteiger partial charge < -0.3 is 15.1 Å². The molecule has 4 nitrogen and oxygen atoms in total.